The van der Waals surface area contributed by atoms with E-state index in [4.69, 9.17) is 11.6 Å². The number of fused-ring (bicyclic) bond motifs is 1. The van der Waals surface area contributed by atoms with Gasteiger partial charge in [0.2, 0.25) is 11.8 Å². The Labute approximate surface area is 263 Å². The minimum absolute atomic E-state index is 0.0173. The van der Waals surface area contributed by atoms with Gasteiger partial charge in [-0.25, -0.2) is 15.3 Å². The SMILES string of the molecule is CN(C(=O)C1CC1)c1cnc2c(c1)C(C(=O)Nc1ccc(C(=O)O)cc1)N(C(=O)/C=C/c1cc(Cl)ccc1N1C=NNN1)CC2. The second kappa shape index (κ2) is 12.4. The van der Waals surface area contributed by atoms with Crippen LogP contribution in [0.2, 0.25) is 5.02 Å². The molecule has 230 valence electrons. The van der Waals surface area contributed by atoms with Crippen LogP contribution in [0.15, 0.2) is 65.9 Å². The fraction of sp³-hybridized carbons (Fsp3) is 0.226. The molecule has 4 N–H and O–H groups in total. The van der Waals surface area contributed by atoms with E-state index < -0.39 is 23.8 Å². The van der Waals surface area contributed by atoms with E-state index in [1.807, 2.05) is 0 Å². The molecule has 0 spiro atoms. The number of halogens is 1. The Morgan fingerprint density at radius 1 is 1.11 bits per heavy atom. The molecule has 0 radical (unpaired) electrons. The Bertz CT molecular complexity index is 1740. The summed E-state index contributed by atoms with van der Waals surface area (Å²) in [7, 11) is 1.68. The molecule has 3 amide bonds. The minimum atomic E-state index is -1.09. The molecular weight excluding hydrogens is 600 g/mol. The zero-order chi connectivity index (χ0) is 31.7. The van der Waals surface area contributed by atoms with Crippen LogP contribution in [-0.2, 0) is 20.8 Å². The maximum atomic E-state index is 13.9. The minimum Gasteiger partial charge on any atom is -0.478 e. The summed E-state index contributed by atoms with van der Waals surface area (Å²) in [5.41, 5.74) is 8.88. The summed E-state index contributed by atoms with van der Waals surface area (Å²) in [4.78, 5) is 59.5. The monoisotopic (exact) mass is 628 g/mol. The molecule has 1 aliphatic carbocycles. The second-order valence-electron chi connectivity index (χ2n) is 10.8. The normalized spacial score (nSPS) is 17.2. The highest BCUT2D eigenvalue weighted by Crippen LogP contribution is 2.36. The second-order valence-corrected chi connectivity index (χ2v) is 11.3. The molecule has 1 saturated carbocycles. The number of carbonyl (C=O) groups is 4. The molecule has 2 aliphatic heterocycles. The number of carboxylic acids is 1. The molecule has 3 aromatic rings. The van der Waals surface area contributed by atoms with Gasteiger partial charge in [0.25, 0.3) is 5.91 Å². The molecule has 1 atom stereocenters. The van der Waals surface area contributed by atoms with Gasteiger partial charge in [0.05, 0.1) is 23.1 Å². The molecule has 3 heterocycles. The van der Waals surface area contributed by atoms with E-state index in [2.05, 4.69) is 26.5 Å². The summed E-state index contributed by atoms with van der Waals surface area (Å²) in [6.07, 6.45) is 8.21. The highest BCUT2D eigenvalue weighted by molar-refractivity contribution is 6.30. The predicted molar refractivity (Wildman–Crippen MR) is 168 cm³/mol. The summed E-state index contributed by atoms with van der Waals surface area (Å²) in [5, 5.41) is 18.1. The average Bonchev–Trinajstić information content (AvgIpc) is 3.76. The van der Waals surface area contributed by atoms with Crippen molar-refractivity contribution in [3.63, 3.8) is 0 Å². The van der Waals surface area contributed by atoms with Crippen molar-refractivity contribution < 1.29 is 24.3 Å². The number of carboxylic acid groups (broad SMARTS) is 1. The average molecular weight is 629 g/mol. The number of amides is 3. The van der Waals surface area contributed by atoms with Gasteiger partial charge in [-0.1, -0.05) is 11.6 Å². The van der Waals surface area contributed by atoms with Crippen molar-refractivity contribution in [2.24, 2.45) is 11.0 Å². The molecule has 1 unspecified atom stereocenters. The van der Waals surface area contributed by atoms with Gasteiger partial charge in [-0.05, 0) is 67.4 Å². The number of rotatable bonds is 8. The number of nitrogens with zero attached hydrogens (tertiary/aromatic N) is 5. The molecule has 0 bridgehead atoms. The van der Waals surface area contributed by atoms with E-state index in [1.165, 1.54) is 46.5 Å². The number of nitrogens with one attached hydrogen (secondary N) is 3. The summed E-state index contributed by atoms with van der Waals surface area (Å²) in [6.45, 7) is 0.210. The first-order chi connectivity index (χ1) is 21.7. The molecule has 1 fully saturated rings. The van der Waals surface area contributed by atoms with Crippen molar-refractivity contribution in [2.75, 3.05) is 28.8 Å². The first-order valence-corrected chi connectivity index (χ1v) is 14.6. The molecular formula is C31H29ClN8O5. The number of hydrazine groups is 2. The number of pyridine rings is 1. The van der Waals surface area contributed by atoms with Crippen molar-refractivity contribution in [1.29, 1.82) is 0 Å². The first kappa shape index (κ1) is 29.8. The Kier molecular flexibility index (Phi) is 8.20. The van der Waals surface area contributed by atoms with Crippen molar-refractivity contribution in [3.8, 4) is 0 Å². The highest BCUT2D eigenvalue weighted by atomic mass is 35.5. The molecule has 3 aliphatic rings. The Morgan fingerprint density at radius 2 is 1.89 bits per heavy atom. The van der Waals surface area contributed by atoms with E-state index >= 15 is 0 Å². The first-order valence-electron chi connectivity index (χ1n) is 14.2. The van der Waals surface area contributed by atoms with Crippen LogP contribution in [0.4, 0.5) is 17.1 Å². The standard InChI is InChI=1S/C31H29ClN8O5/c1-38(30(43)18-2-3-18)23-15-24-25(33-16-23)12-13-39(28(24)29(42)35-22-8-4-19(5-9-22)31(44)45)27(41)11-6-20-14-21(32)7-10-26(20)40-17-34-36-37-40/h4-11,14-18,28,36-37H,2-3,12-13H2,1H3,(H,35,42)(H,44,45)/b11-6+. The van der Waals surface area contributed by atoms with Crippen LogP contribution >= 0.6 is 11.6 Å². The maximum Gasteiger partial charge on any atom is 0.335 e. The Hall–Kier alpha value is -5.27. The Balaban J connectivity index is 1.33. The van der Waals surface area contributed by atoms with Gasteiger partial charge in [-0.15, -0.1) is 5.53 Å². The number of benzene rings is 2. The van der Waals surface area contributed by atoms with E-state index in [0.29, 0.717) is 45.3 Å². The lowest BCUT2D eigenvalue weighted by Gasteiger charge is -2.36. The van der Waals surface area contributed by atoms with Gasteiger partial charge in [0.15, 0.2) is 0 Å². The lowest BCUT2D eigenvalue weighted by molar-refractivity contribution is -0.135. The van der Waals surface area contributed by atoms with Gasteiger partial charge in [-0.3, -0.25) is 19.4 Å². The third kappa shape index (κ3) is 6.35. The molecule has 0 saturated heterocycles. The van der Waals surface area contributed by atoms with Crippen LogP contribution in [0.3, 0.4) is 0 Å². The van der Waals surface area contributed by atoms with Crippen molar-refractivity contribution in [2.45, 2.75) is 25.3 Å². The molecule has 6 rings (SSSR count). The number of hydrazone groups is 1. The largest absolute Gasteiger partial charge is 0.478 e. The zero-order valence-electron chi connectivity index (χ0n) is 24.1. The maximum absolute atomic E-state index is 13.9. The summed E-state index contributed by atoms with van der Waals surface area (Å²) >= 11 is 6.26. The van der Waals surface area contributed by atoms with Gasteiger partial charge in [0.1, 0.15) is 12.4 Å². The fourth-order valence-corrected chi connectivity index (χ4v) is 5.45. The molecule has 45 heavy (non-hydrogen) atoms. The van der Waals surface area contributed by atoms with Crippen molar-refractivity contribution in [1.82, 2.24) is 21.0 Å². The lowest BCUT2D eigenvalue weighted by Crippen LogP contribution is -2.45. The van der Waals surface area contributed by atoms with E-state index in [0.717, 1.165) is 12.8 Å². The summed E-state index contributed by atoms with van der Waals surface area (Å²) in [5.74, 6) is -2.07. The number of anilines is 3. The summed E-state index contributed by atoms with van der Waals surface area (Å²) in [6, 6.07) is 11.6. The van der Waals surface area contributed by atoms with Crippen molar-refractivity contribution in [3.05, 3.63) is 88.2 Å². The third-order valence-electron chi connectivity index (χ3n) is 7.82. The van der Waals surface area contributed by atoms with Crippen LogP contribution in [0.25, 0.3) is 6.08 Å². The molecule has 2 aromatic carbocycles. The van der Waals surface area contributed by atoms with Crippen LogP contribution in [0.5, 0.6) is 0 Å². The molecule has 13 nitrogen and oxygen atoms in total. The third-order valence-corrected chi connectivity index (χ3v) is 8.06. The Morgan fingerprint density at radius 3 is 2.58 bits per heavy atom. The van der Waals surface area contributed by atoms with Crippen LogP contribution in [-0.4, -0.2) is 58.6 Å². The highest BCUT2D eigenvalue weighted by Gasteiger charge is 2.38. The van der Waals surface area contributed by atoms with E-state index in [1.54, 1.807) is 48.6 Å². The van der Waals surface area contributed by atoms with Gasteiger partial charge >= 0.3 is 5.97 Å². The van der Waals surface area contributed by atoms with Crippen LogP contribution in [0, 0.1) is 5.92 Å². The number of hydrogen-bond acceptors (Lipinski definition) is 9. The van der Waals surface area contributed by atoms with Gasteiger partial charge in [0, 0.05) is 59.5 Å². The lowest BCUT2D eigenvalue weighted by atomic mass is 9.95. The molecule has 14 heteroatoms. The number of aromatic nitrogens is 1. The number of aromatic carboxylic acids is 1. The molecule has 1 aromatic heterocycles. The van der Waals surface area contributed by atoms with E-state index in [-0.39, 0.29) is 23.9 Å². The van der Waals surface area contributed by atoms with Gasteiger partial charge in [-0.2, -0.15) is 5.10 Å². The zero-order valence-corrected chi connectivity index (χ0v) is 24.9. The number of carbonyl (C=O) groups excluding carboxylic acids is 3. The van der Waals surface area contributed by atoms with Crippen LogP contribution < -0.4 is 26.3 Å². The smallest absolute Gasteiger partial charge is 0.335 e. The van der Waals surface area contributed by atoms with Crippen molar-refractivity contribution >= 4 is 64.8 Å². The van der Waals surface area contributed by atoms with Gasteiger partial charge < -0.3 is 20.2 Å². The van der Waals surface area contributed by atoms with Crippen LogP contribution in [0.1, 0.15) is 46.1 Å². The van der Waals surface area contributed by atoms with E-state index in [9.17, 15) is 24.3 Å². The predicted octanol–water partition coefficient (Wildman–Crippen LogP) is 3.36. The topological polar surface area (TPSA) is 160 Å². The summed E-state index contributed by atoms with van der Waals surface area (Å²) < 4.78 is 0. The quantitative estimate of drug-likeness (QED) is 0.274. The fourth-order valence-electron chi connectivity index (χ4n) is 5.26. The number of hydrogen-bond donors (Lipinski definition) is 4.